The summed E-state index contributed by atoms with van der Waals surface area (Å²) in [6.07, 6.45) is 2.68. The van der Waals surface area contributed by atoms with Gasteiger partial charge in [0.25, 0.3) is 0 Å². The highest BCUT2D eigenvalue weighted by Gasteiger charge is 2.39. The van der Waals surface area contributed by atoms with Crippen LogP contribution in [0.1, 0.15) is 17.9 Å². The molecule has 0 heterocycles. The molecule has 0 aromatic heterocycles. The Balaban J connectivity index is 2.42. The van der Waals surface area contributed by atoms with Crippen LogP contribution in [0.2, 0.25) is 0 Å². The standard InChI is InChI=1S/C14H17NO5/c1-19-12-7-6-9(8-13(12)20-2)14-10(15(17)18)4-3-5-11(14)16/h3,5-8,10-11,14,16H,4H2,1-2H3/t10-,11+,14+/m1/s1. The van der Waals surface area contributed by atoms with E-state index in [1.807, 2.05) is 0 Å². The first-order chi connectivity index (χ1) is 9.58. The van der Waals surface area contributed by atoms with E-state index in [1.165, 1.54) is 14.2 Å². The van der Waals surface area contributed by atoms with Crippen molar-refractivity contribution in [1.29, 1.82) is 0 Å². The van der Waals surface area contributed by atoms with Crippen molar-refractivity contribution in [2.75, 3.05) is 14.2 Å². The average Bonchev–Trinajstić information content (AvgIpc) is 2.46. The quantitative estimate of drug-likeness (QED) is 0.516. The van der Waals surface area contributed by atoms with Gasteiger partial charge in [-0.15, -0.1) is 0 Å². The van der Waals surface area contributed by atoms with Crippen LogP contribution in [-0.2, 0) is 0 Å². The summed E-state index contributed by atoms with van der Waals surface area (Å²) in [5.41, 5.74) is 0.668. The summed E-state index contributed by atoms with van der Waals surface area (Å²) < 4.78 is 10.3. The first-order valence-corrected chi connectivity index (χ1v) is 6.28. The molecule has 0 fully saturated rings. The highest BCUT2D eigenvalue weighted by Crippen LogP contribution is 2.36. The van der Waals surface area contributed by atoms with Crippen LogP contribution in [0.5, 0.6) is 11.5 Å². The second kappa shape index (κ2) is 5.92. The summed E-state index contributed by atoms with van der Waals surface area (Å²) >= 11 is 0. The number of hydrogen-bond donors (Lipinski definition) is 1. The summed E-state index contributed by atoms with van der Waals surface area (Å²) in [6.45, 7) is 0. The van der Waals surface area contributed by atoms with Crippen LogP contribution in [-0.4, -0.2) is 36.4 Å². The molecule has 1 aliphatic rings. The van der Waals surface area contributed by atoms with Crippen LogP contribution >= 0.6 is 0 Å². The number of benzene rings is 1. The largest absolute Gasteiger partial charge is 0.493 e. The minimum Gasteiger partial charge on any atom is -0.493 e. The van der Waals surface area contributed by atoms with Gasteiger partial charge in [0, 0.05) is 11.3 Å². The molecule has 108 valence electrons. The van der Waals surface area contributed by atoms with E-state index in [9.17, 15) is 15.2 Å². The third kappa shape index (κ3) is 2.60. The smallest absolute Gasteiger partial charge is 0.226 e. The van der Waals surface area contributed by atoms with E-state index in [4.69, 9.17) is 9.47 Å². The van der Waals surface area contributed by atoms with Crippen molar-refractivity contribution in [3.05, 3.63) is 46.0 Å². The van der Waals surface area contributed by atoms with Gasteiger partial charge in [0.2, 0.25) is 6.04 Å². The first-order valence-electron chi connectivity index (χ1n) is 6.28. The number of rotatable bonds is 4. The van der Waals surface area contributed by atoms with E-state index in [2.05, 4.69) is 0 Å². The zero-order valence-electron chi connectivity index (χ0n) is 11.4. The Morgan fingerprint density at radius 1 is 1.30 bits per heavy atom. The van der Waals surface area contributed by atoms with Gasteiger partial charge < -0.3 is 14.6 Å². The van der Waals surface area contributed by atoms with Crippen molar-refractivity contribution < 1.29 is 19.5 Å². The normalized spacial score (nSPS) is 25.2. The minimum atomic E-state index is -0.878. The van der Waals surface area contributed by atoms with Gasteiger partial charge in [0.05, 0.1) is 26.2 Å². The molecular weight excluding hydrogens is 262 g/mol. The molecule has 1 aromatic carbocycles. The van der Waals surface area contributed by atoms with Crippen LogP contribution in [0.3, 0.4) is 0 Å². The Kier molecular flexibility index (Phi) is 4.24. The topological polar surface area (TPSA) is 81.8 Å². The van der Waals surface area contributed by atoms with Gasteiger partial charge in [-0.2, -0.15) is 0 Å². The molecule has 0 saturated carbocycles. The molecule has 3 atom stereocenters. The number of nitro groups is 1. The van der Waals surface area contributed by atoms with Crippen molar-refractivity contribution in [2.24, 2.45) is 0 Å². The molecule has 0 amide bonds. The molecule has 0 bridgehead atoms. The van der Waals surface area contributed by atoms with E-state index >= 15 is 0 Å². The number of ether oxygens (including phenoxy) is 2. The Labute approximate surface area is 116 Å². The van der Waals surface area contributed by atoms with Crippen molar-refractivity contribution in [2.45, 2.75) is 24.5 Å². The van der Waals surface area contributed by atoms with E-state index in [1.54, 1.807) is 30.4 Å². The minimum absolute atomic E-state index is 0.309. The molecule has 0 spiro atoms. The highest BCUT2D eigenvalue weighted by atomic mass is 16.6. The summed E-state index contributed by atoms with van der Waals surface area (Å²) in [5, 5.41) is 21.2. The van der Waals surface area contributed by atoms with Crippen molar-refractivity contribution >= 4 is 0 Å². The van der Waals surface area contributed by atoms with Crippen LogP contribution < -0.4 is 9.47 Å². The number of aliphatic hydroxyl groups excluding tert-OH is 1. The lowest BCUT2D eigenvalue weighted by atomic mass is 9.81. The van der Waals surface area contributed by atoms with E-state index in [0.717, 1.165) is 0 Å². The van der Waals surface area contributed by atoms with Crippen LogP contribution in [0.15, 0.2) is 30.4 Å². The lowest BCUT2D eigenvalue weighted by molar-refractivity contribution is -0.528. The van der Waals surface area contributed by atoms with Gasteiger partial charge in [-0.3, -0.25) is 10.1 Å². The Morgan fingerprint density at radius 2 is 2.00 bits per heavy atom. The molecule has 0 aliphatic heterocycles. The zero-order chi connectivity index (χ0) is 14.7. The Morgan fingerprint density at radius 3 is 2.60 bits per heavy atom. The fraction of sp³-hybridized carbons (Fsp3) is 0.429. The van der Waals surface area contributed by atoms with Gasteiger partial charge in [0.1, 0.15) is 0 Å². The van der Waals surface area contributed by atoms with E-state index in [-0.39, 0.29) is 4.92 Å². The zero-order valence-corrected chi connectivity index (χ0v) is 11.4. The average molecular weight is 279 g/mol. The third-order valence-electron chi connectivity index (χ3n) is 3.56. The predicted molar refractivity (Wildman–Crippen MR) is 72.8 cm³/mol. The molecule has 2 rings (SSSR count). The monoisotopic (exact) mass is 279 g/mol. The molecular formula is C14H17NO5. The predicted octanol–water partition coefficient (Wildman–Crippen LogP) is 1.75. The molecule has 0 radical (unpaired) electrons. The number of aliphatic hydroxyl groups is 1. The molecule has 1 aromatic rings. The summed E-state index contributed by atoms with van der Waals surface area (Å²) in [4.78, 5) is 10.8. The maximum Gasteiger partial charge on any atom is 0.226 e. The molecule has 20 heavy (non-hydrogen) atoms. The van der Waals surface area contributed by atoms with Crippen molar-refractivity contribution in [3.8, 4) is 11.5 Å². The lowest BCUT2D eigenvalue weighted by Gasteiger charge is -2.27. The van der Waals surface area contributed by atoms with Crippen LogP contribution in [0, 0.1) is 10.1 Å². The van der Waals surface area contributed by atoms with E-state index in [0.29, 0.717) is 23.5 Å². The van der Waals surface area contributed by atoms with Gasteiger partial charge >= 0.3 is 0 Å². The Hall–Kier alpha value is -2.08. The molecule has 1 aliphatic carbocycles. The summed E-state index contributed by atoms with van der Waals surface area (Å²) in [6, 6.07) is 4.26. The molecule has 6 nitrogen and oxygen atoms in total. The maximum absolute atomic E-state index is 11.2. The maximum atomic E-state index is 11.2. The SMILES string of the molecule is COc1ccc([C@H]2[C@H]([N+](=O)[O-])CC=C[C@@H]2O)cc1OC. The van der Waals surface area contributed by atoms with Crippen molar-refractivity contribution in [3.63, 3.8) is 0 Å². The Bertz CT molecular complexity index is 528. The second-order valence-corrected chi connectivity index (χ2v) is 4.65. The highest BCUT2D eigenvalue weighted by molar-refractivity contribution is 5.45. The fourth-order valence-corrected chi connectivity index (χ4v) is 2.55. The number of nitrogens with zero attached hydrogens (tertiary/aromatic N) is 1. The second-order valence-electron chi connectivity index (χ2n) is 4.65. The summed E-state index contributed by atoms with van der Waals surface area (Å²) in [7, 11) is 3.03. The van der Waals surface area contributed by atoms with Gasteiger partial charge in [-0.1, -0.05) is 18.2 Å². The number of hydrogen-bond acceptors (Lipinski definition) is 5. The van der Waals surface area contributed by atoms with Gasteiger partial charge in [-0.05, 0) is 17.7 Å². The van der Waals surface area contributed by atoms with Gasteiger partial charge in [-0.25, -0.2) is 0 Å². The molecule has 0 saturated heterocycles. The van der Waals surface area contributed by atoms with Gasteiger partial charge in [0.15, 0.2) is 11.5 Å². The number of methoxy groups -OCH3 is 2. The van der Waals surface area contributed by atoms with Crippen molar-refractivity contribution in [1.82, 2.24) is 0 Å². The van der Waals surface area contributed by atoms with E-state index < -0.39 is 18.1 Å². The molecule has 6 heteroatoms. The molecule has 0 unspecified atom stereocenters. The third-order valence-corrected chi connectivity index (χ3v) is 3.56. The lowest BCUT2D eigenvalue weighted by Crippen LogP contribution is -2.36. The first kappa shape index (κ1) is 14.3. The fourth-order valence-electron chi connectivity index (χ4n) is 2.55. The molecule has 1 N–H and O–H groups in total. The van der Waals surface area contributed by atoms with Crippen LogP contribution in [0.25, 0.3) is 0 Å². The van der Waals surface area contributed by atoms with Crippen LogP contribution in [0.4, 0.5) is 0 Å². The summed E-state index contributed by atoms with van der Waals surface area (Å²) in [5.74, 6) is 0.457.